The van der Waals surface area contributed by atoms with Gasteiger partial charge >= 0.3 is 0 Å². The molecule has 0 aliphatic heterocycles. The minimum atomic E-state index is -0.165. The van der Waals surface area contributed by atoms with Crippen LogP contribution < -0.4 is 5.32 Å². The molecule has 0 saturated carbocycles. The molecule has 25 heavy (non-hydrogen) atoms. The summed E-state index contributed by atoms with van der Waals surface area (Å²) in [5.41, 5.74) is 2.16. The van der Waals surface area contributed by atoms with Gasteiger partial charge in [-0.25, -0.2) is 4.98 Å². The number of rotatable bonds is 6. The van der Waals surface area contributed by atoms with E-state index < -0.39 is 0 Å². The quantitative estimate of drug-likeness (QED) is 0.620. The molecule has 0 aliphatic carbocycles. The molecular weight excluding hydrogens is 352 g/mol. The summed E-state index contributed by atoms with van der Waals surface area (Å²) in [6.07, 6.45) is 3.31. The first-order valence-electron chi connectivity index (χ1n) is 8.20. The topological polar surface area (TPSA) is 42.0 Å². The molecule has 5 heteroatoms. The molecule has 1 amide bonds. The zero-order chi connectivity index (χ0) is 17.6. The Morgan fingerprint density at radius 3 is 2.72 bits per heavy atom. The van der Waals surface area contributed by atoms with Crippen LogP contribution in [0.5, 0.6) is 0 Å². The van der Waals surface area contributed by atoms with Crippen LogP contribution in [0.1, 0.15) is 35.3 Å². The normalized spacial score (nSPS) is 11.9. The number of carbonyl (C=O) groups is 1. The highest BCUT2D eigenvalue weighted by Gasteiger charge is 2.19. The van der Waals surface area contributed by atoms with Gasteiger partial charge in [0.15, 0.2) is 5.13 Å². The molecule has 0 aliphatic rings. The fourth-order valence-corrected chi connectivity index (χ4v) is 3.81. The Morgan fingerprint density at radius 1 is 1.20 bits per heavy atom. The summed E-state index contributed by atoms with van der Waals surface area (Å²) in [5.74, 6) is -0.182. The fourth-order valence-electron chi connectivity index (χ4n) is 2.75. The van der Waals surface area contributed by atoms with Crippen molar-refractivity contribution in [3.05, 3.63) is 81.8 Å². The van der Waals surface area contributed by atoms with Gasteiger partial charge in [-0.2, -0.15) is 0 Å². The zero-order valence-corrected chi connectivity index (χ0v) is 15.5. The number of nitrogens with one attached hydrogen (secondary N) is 1. The SMILES string of the molecule is CC[C@@H](C(=O)Nc1ncc(Cc2cccc(Cl)c2)s1)c1ccccc1. The standard InChI is InChI=1S/C20H19ClN2OS/c1-2-18(15-8-4-3-5-9-15)19(24)23-20-22-13-17(25-20)12-14-7-6-10-16(21)11-14/h3-11,13,18H,2,12H2,1H3,(H,22,23,24)/t18-/m1/s1. The van der Waals surface area contributed by atoms with Crippen molar-refractivity contribution >= 4 is 34.0 Å². The minimum Gasteiger partial charge on any atom is -0.301 e. The van der Waals surface area contributed by atoms with Crippen LogP contribution in [0, 0.1) is 0 Å². The number of nitrogens with zero attached hydrogens (tertiary/aromatic N) is 1. The summed E-state index contributed by atoms with van der Waals surface area (Å²) in [5, 5.41) is 4.31. The number of benzene rings is 2. The van der Waals surface area contributed by atoms with Gasteiger partial charge in [0.25, 0.3) is 0 Å². The first-order chi connectivity index (χ1) is 12.2. The van der Waals surface area contributed by atoms with Crippen molar-refractivity contribution in [2.75, 3.05) is 5.32 Å². The Kier molecular flexibility index (Phi) is 5.84. The molecule has 128 valence electrons. The van der Waals surface area contributed by atoms with E-state index in [4.69, 9.17) is 11.6 Å². The van der Waals surface area contributed by atoms with E-state index >= 15 is 0 Å². The van der Waals surface area contributed by atoms with Crippen molar-refractivity contribution in [2.24, 2.45) is 0 Å². The molecule has 0 unspecified atom stereocenters. The molecule has 1 N–H and O–H groups in total. The number of aromatic nitrogens is 1. The van der Waals surface area contributed by atoms with Crippen molar-refractivity contribution in [3.63, 3.8) is 0 Å². The van der Waals surface area contributed by atoms with E-state index in [1.54, 1.807) is 0 Å². The van der Waals surface area contributed by atoms with E-state index in [-0.39, 0.29) is 11.8 Å². The van der Waals surface area contributed by atoms with E-state index in [2.05, 4.69) is 10.3 Å². The van der Waals surface area contributed by atoms with E-state index in [1.165, 1.54) is 11.3 Å². The van der Waals surface area contributed by atoms with Crippen molar-refractivity contribution in [1.82, 2.24) is 4.98 Å². The third-order valence-corrected chi connectivity index (χ3v) is 5.13. The maximum absolute atomic E-state index is 12.6. The number of hydrogen-bond donors (Lipinski definition) is 1. The van der Waals surface area contributed by atoms with E-state index in [0.717, 1.165) is 33.9 Å². The number of carbonyl (C=O) groups excluding carboxylic acids is 1. The smallest absolute Gasteiger partial charge is 0.233 e. The predicted molar refractivity (Wildman–Crippen MR) is 104 cm³/mol. The predicted octanol–water partition coefficient (Wildman–Crippen LogP) is 5.52. The van der Waals surface area contributed by atoms with Crippen LogP contribution in [0.15, 0.2) is 60.8 Å². The van der Waals surface area contributed by atoms with Gasteiger partial charge < -0.3 is 5.32 Å². The molecule has 0 fully saturated rings. The highest BCUT2D eigenvalue weighted by molar-refractivity contribution is 7.15. The highest BCUT2D eigenvalue weighted by atomic mass is 35.5. The Hall–Kier alpha value is -2.17. The molecule has 1 heterocycles. The van der Waals surface area contributed by atoms with Crippen molar-refractivity contribution in [3.8, 4) is 0 Å². The number of halogens is 1. The molecule has 0 radical (unpaired) electrons. The van der Waals surface area contributed by atoms with Crippen molar-refractivity contribution in [1.29, 1.82) is 0 Å². The van der Waals surface area contributed by atoms with Crippen LogP contribution >= 0.6 is 22.9 Å². The van der Waals surface area contributed by atoms with Crippen LogP contribution in [-0.2, 0) is 11.2 Å². The molecule has 3 rings (SSSR count). The largest absolute Gasteiger partial charge is 0.301 e. The molecule has 0 saturated heterocycles. The molecule has 2 aromatic carbocycles. The number of hydrogen-bond acceptors (Lipinski definition) is 3. The third kappa shape index (κ3) is 4.68. The average Bonchev–Trinajstić information content (AvgIpc) is 3.03. The lowest BCUT2D eigenvalue weighted by atomic mass is 9.96. The van der Waals surface area contributed by atoms with Gasteiger partial charge in [-0.05, 0) is 29.7 Å². The lowest BCUT2D eigenvalue weighted by molar-refractivity contribution is -0.117. The summed E-state index contributed by atoms with van der Waals surface area (Å²) < 4.78 is 0. The summed E-state index contributed by atoms with van der Waals surface area (Å²) in [6.45, 7) is 2.02. The van der Waals surface area contributed by atoms with Crippen molar-refractivity contribution < 1.29 is 4.79 Å². The first kappa shape index (κ1) is 17.6. The van der Waals surface area contributed by atoms with Crippen molar-refractivity contribution in [2.45, 2.75) is 25.7 Å². The second-order valence-electron chi connectivity index (χ2n) is 5.80. The molecule has 0 bridgehead atoms. The van der Waals surface area contributed by atoms with Gasteiger partial charge in [-0.1, -0.05) is 61.0 Å². The zero-order valence-electron chi connectivity index (χ0n) is 13.9. The average molecular weight is 371 g/mol. The maximum Gasteiger partial charge on any atom is 0.233 e. The second-order valence-corrected chi connectivity index (χ2v) is 7.35. The van der Waals surface area contributed by atoms with Gasteiger partial charge in [0.1, 0.15) is 0 Å². The highest BCUT2D eigenvalue weighted by Crippen LogP contribution is 2.25. The third-order valence-electron chi connectivity index (χ3n) is 3.98. The number of amides is 1. The maximum atomic E-state index is 12.6. The molecule has 0 spiro atoms. The van der Waals surface area contributed by atoms with Gasteiger partial charge in [0, 0.05) is 22.5 Å². The van der Waals surface area contributed by atoms with Crippen LogP contribution in [0.25, 0.3) is 0 Å². The number of thiazole rings is 1. The Labute approximate surface area is 156 Å². The molecule has 3 nitrogen and oxygen atoms in total. The minimum absolute atomic E-state index is 0.0163. The Morgan fingerprint density at radius 2 is 2.00 bits per heavy atom. The van der Waals surface area contributed by atoms with Crippen LogP contribution in [0.3, 0.4) is 0 Å². The van der Waals surface area contributed by atoms with E-state index in [9.17, 15) is 4.79 Å². The lowest BCUT2D eigenvalue weighted by Crippen LogP contribution is -2.20. The first-order valence-corrected chi connectivity index (χ1v) is 9.40. The van der Waals surface area contributed by atoms with Crippen LogP contribution in [0.2, 0.25) is 5.02 Å². The summed E-state index contributed by atoms with van der Waals surface area (Å²) in [6, 6.07) is 17.6. The Balaban J connectivity index is 1.67. The lowest BCUT2D eigenvalue weighted by Gasteiger charge is -2.14. The number of anilines is 1. The summed E-state index contributed by atoms with van der Waals surface area (Å²) >= 11 is 7.52. The second kappa shape index (κ2) is 8.28. The van der Waals surface area contributed by atoms with Crippen LogP contribution in [-0.4, -0.2) is 10.9 Å². The molecule has 1 atom stereocenters. The van der Waals surface area contributed by atoms with Gasteiger partial charge in [0.05, 0.1) is 5.92 Å². The monoisotopic (exact) mass is 370 g/mol. The van der Waals surface area contributed by atoms with E-state index in [0.29, 0.717) is 5.13 Å². The van der Waals surface area contributed by atoms with Crippen LogP contribution in [0.4, 0.5) is 5.13 Å². The Bertz CT molecular complexity index is 848. The van der Waals surface area contributed by atoms with Gasteiger partial charge in [-0.15, -0.1) is 11.3 Å². The van der Waals surface area contributed by atoms with Gasteiger partial charge in [0.2, 0.25) is 5.91 Å². The molecule has 1 aromatic heterocycles. The molecular formula is C20H19ClN2OS. The van der Waals surface area contributed by atoms with E-state index in [1.807, 2.05) is 67.7 Å². The summed E-state index contributed by atoms with van der Waals surface area (Å²) in [7, 11) is 0. The summed E-state index contributed by atoms with van der Waals surface area (Å²) in [4.78, 5) is 18.0. The molecule has 3 aromatic rings. The van der Waals surface area contributed by atoms with Gasteiger partial charge in [-0.3, -0.25) is 4.79 Å². The fraction of sp³-hybridized carbons (Fsp3) is 0.200.